The van der Waals surface area contributed by atoms with Gasteiger partial charge in [0.05, 0.1) is 5.69 Å². The molecule has 3 aliphatic rings. The Morgan fingerprint density at radius 2 is 1.82 bits per heavy atom. The van der Waals surface area contributed by atoms with Gasteiger partial charge in [0.25, 0.3) is 5.91 Å². The molecule has 0 aliphatic carbocycles. The van der Waals surface area contributed by atoms with Crippen molar-refractivity contribution in [3.05, 3.63) is 41.6 Å². The zero-order valence-corrected chi connectivity index (χ0v) is 16.4. The van der Waals surface area contributed by atoms with Crippen LogP contribution in [-0.4, -0.2) is 74.2 Å². The highest BCUT2D eigenvalue weighted by Crippen LogP contribution is 2.24. The van der Waals surface area contributed by atoms with E-state index >= 15 is 0 Å². The number of likely N-dealkylation sites (tertiary alicyclic amines) is 1. The number of carbonyl (C=O) groups excluding carboxylic acids is 1. The van der Waals surface area contributed by atoms with Gasteiger partial charge in [-0.05, 0) is 31.9 Å². The van der Waals surface area contributed by atoms with Crippen LogP contribution in [0.4, 0.5) is 10.1 Å². The van der Waals surface area contributed by atoms with E-state index in [0.717, 1.165) is 45.6 Å². The molecule has 6 nitrogen and oxygen atoms in total. The Kier molecular flexibility index (Phi) is 5.71. The van der Waals surface area contributed by atoms with Gasteiger partial charge in [-0.25, -0.2) is 4.39 Å². The molecule has 0 unspecified atom stereocenters. The van der Waals surface area contributed by atoms with Crippen molar-refractivity contribution in [2.45, 2.75) is 25.8 Å². The van der Waals surface area contributed by atoms with E-state index in [9.17, 15) is 9.18 Å². The number of nitrogens with zero attached hydrogens (tertiary/aromatic N) is 3. The second-order valence-electron chi connectivity index (χ2n) is 7.60. The molecule has 2 saturated heterocycles. The first-order valence-corrected chi connectivity index (χ1v) is 10.1. The summed E-state index contributed by atoms with van der Waals surface area (Å²) in [5.74, 6) is 0.712. The maximum absolute atomic E-state index is 14.0. The van der Waals surface area contributed by atoms with Crippen LogP contribution in [0.15, 0.2) is 35.8 Å². The SMILES string of the molecule is CC1=C(C(=O)N2CCC[C@H](N3CCN(c4ccccc4F)CC3)C2)OCCO1. The number of amides is 1. The van der Waals surface area contributed by atoms with Crippen molar-refractivity contribution < 1.29 is 18.7 Å². The van der Waals surface area contributed by atoms with Crippen molar-refractivity contribution >= 4 is 11.6 Å². The minimum atomic E-state index is -0.163. The topological polar surface area (TPSA) is 45.3 Å². The van der Waals surface area contributed by atoms with Gasteiger partial charge in [-0.1, -0.05) is 12.1 Å². The van der Waals surface area contributed by atoms with Gasteiger partial charge in [0.2, 0.25) is 5.76 Å². The molecule has 0 aromatic heterocycles. The number of hydrogen-bond acceptors (Lipinski definition) is 5. The molecule has 4 rings (SSSR count). The number of para-hydroxylation sites is 1. The Morgan fingerprint density at radius 1 is 1.07 bits per heavy atom. The van der Waals surface area contributed by atoms with Gasteiger partial charge >= 0.3 is 0 Å². The smallest absolute Gasteiger partial charge is 0.292 e. The highest BCUT2D eigenvalue weighted by atomic mass is 19.1. The number of piperidine rings is 1. The third kappa shape index (κ3) is 3.94. The fourth-order valence-corrected chi connectivity index (χ4v) is 4.34. The van der Waals surface area contributed by atoms with Crippen LogP contribution in [0.25, 0.3) is 0 Å². The summed E-state index contributed by atoms with van der Waals surface area (Å²) in [4.78, 5) is 19.3. The Morgan fingerprint density at radius 3 is 2.57 bits per heavy atom. The molecule has 0 spiro atoms. The van der Waals surface area contributed by atoms with Crippen molar-refractivity contribution in [1.29, 1.82) is 0 Å². The van der Waals surface area contributed by atoms with E-state index in [0.29, 0.717) is 43.0 Å². The molecular formula is C21H28FN3O3. The number of carbonyl (C=O) groups is 1. The second-order valence-corrected chi connectivity index (χ2v) is 7.60. The molecule has 1 aromatic rings. The number of allylic oxidation sites excluding steroid dienone is 1. The van der Waals surface area contributed by atoms with E-state index in [-0.39, 0.29) is 11.7 Å². The summed E-state index contributed by atoms with van der Waals surface area (Å²) in [5, 5.41) is 0. The minimum Gasteiger partial charge on any atom is -0.491 e. The van der Waals surface area contributed by atoms with Crippen molar-refractivity contribution in [3.8, 4) is 0 Å². The second kappa shape index (κ2) is 8.39. The zero-order valence-electron chi connectivity index (χ0n) is 16.4. The number of ether oxygens (including phenoxy) is 2. The summed E-state index contributed by atoms with van der Waals surface area (Å²) in [5.41, 5.74) is 0.680. The molecule has 0 radical (unpaired) electrons. The molecule has 3 aliphatic heterocycles. The highest BCUT2D eigenvalue weighted by Gasteiger charge is 2.33. The number of anilines is 1. The van der Waals surface area contributed by atoms with Crippen molar-refractivity contribution in [1.82, 2.24) is 9.80 Å². The zero-order chi connectivity index (χ0) is 19.5. The Bertz CT molecular complexity index is 746. The normalized spacial score (nSPS) is 24.0. The Balaban J connectivity index is 1.35. The number of benzene rings is 1. The first-order chi connectivity index (χ1) is 13.6. The molecule has 152 valence electrons. The molecule has 0 saturated carbocycles. The first kappa shape index (κ1) is 19.1. The largest absolute Gasteiger partial charge is 0.491 e. The third-order valence-corrected chi connectivity index (χ3v) is 5.87. The van der Waals surface area contributed by atoms with Crippen LogP contribution < -0.4 is 4.90 Å². The predicted molar refractivity (Wildman–Crippen MR) is 104 cm³/mol. The molecule has 0 bridgehead atoms. The summed E-state index contributed by atoms with van der Waals surface area (Å²) in [7, 11) is 0. The highest BCUT2D eigenvalue weighted by molar-refractivity contribution is 5.92. The lowest BCUT2D eigenvalue weighted by Gasteiger charge is -2.44. The summed E-state index contributed by atoms with van der Waals surface area (Å²) in [6.45, 7) is 7.52. The van der Waals surface area contributed by atoms with Gasteiger partial charge < -0.3 is 19.3 Å². The quantitative estimate of drug-likeness (QED) is 0.793. The standard InChI is InChI=1S/C21H28FN3O3/c1-16-20(28-14-13-27-16)21(26)25-8-4-5-17(15-25)23-9-11-24(12-10-23)19-7-3-2-6-18(19)22/h2-3,6-7,17H,4-5,8-15H2,1H3/t17-/m0/s1. The minimum absolute atomic E-state index is 0.0631. The van der Waals surface area contributed by atoms with Gasteiger partial charge in [0.1, 0.15) is 24.8 Å². The summed E-state index contributed by atoms with van der Waals surface area (Å²) < 4.78 is 25.1. The van der Waals surface area contributed by atoms with Gasteiger partial charge in [-0.3, -0.25) is 9.69 Å². The molecule has 2 fully saturated rings. The van der Waals surface area contributed by atoms with Crippen LogP contribution in [-0.2, 0) is 14.3 Å². The van der Waals surface area contributed by atoms with Crippen molar-refractivity contribution in [3.63, 3.8) is 0 Å². The average molecular weight is 389 g/mol. The maximum atomic E-state index is 14.0. The van der Waals surface area contributed by atoms with Crippen LogP contribution in [0.3, 0.4) is 0 Å². The first-order valence-electron chi connectivity index (χ1n) is 10.1. The van der Waals surface area contributed by atoms with Crippen molar-refractivity contribution in [2.24, 2.45) is 0 Å². The fourth-order valence-electron chi connectivity index (χ4n) is 4.34. The molecule has 3 heterocycles. The average Bonchev–Trinajstić information content (AvgIpc) is 2.74. The number of piperazine rings is 1. The van der Waals surface area contributed by atoms with Crippen LogP contribution >= 0.6 is 0 Å². The van der Waals surface area contributed by atoms with E-state index < -0.39 is 0 Å². The molecular weight excluding hydrogens is 361 g/mol. The predicted octanol–water partition coefficient (Wildman–Crippen LogP) is 2.22. The van der Waals surface area contributed by atoms with E-state index in [2.05, 4.69) is 9.80 Å². The number of halogens is 1. The van der Waals surface area contributed by atoms with Gasteiger partial charge in [0, 0.05) is 45.3 Å². The van der Waals surface area contributed by atoms with E-state index in [4.69, 9.17) is 9.47 Å². The van der Waals surface area contributed by atoms with Gasteiger partial charge in [0.15, 0.2) is 0 Å². The van der Waals surface area contributed by atoms with Gasteiger partial charge in [-0.15, -0.1) is 0 Å². The van der Waals surface area contributed by atoms with Crippen LogP contribution in [0.1, 0.15) is 19.8 Å². The molecule has 1 amide bonds. The maximum Gasteiger partial charge on any atom is 0.292 e. The van der Waals surface area contributed by atoms with E-state index in [1.807, 2.05) is 17.0 Å². The molecule has 1 aromatic carbocycles. The Hall–Kier alpha value is -2.28. The summed E-state index contributed by atoms with van der Waals surface area (Å²) in [6, 6.07) is 7.30. The molecule has 1 atom stereocenters. The van der Waals surface area contributed by atoms with Crippen LogP contribution in [0.5, 0.6) is 0 Å². The lowest BCUT2D eigenvalue weighted by Crippen LogP contribution is -2.56. The molecule has 28 heavy (non-hydrogen) atoms. The molecule has 7 heteroatoms. The van der Waals surface area contributed by atoms with E-state index in [1.165, 1.54) is 6.07 Å². The number of rotatable bonds is 3. The summed E-state index contributed by atoms with van der Waals surface area (Å²) >= 11 is 0. The van der Waals surface area contributed by atoms with Crippen LogP contribution in [0.2, 0.25) is 0 Å². The van der Waals surface area contributed by atoms with E-state index in [1.54, 1.807) is 13.0 Å². The van der Waals surface area contributed by atoms with Gasteiger partial charge in [-0.2, -0.15) is 0 Å². The lowest BCUT2D eigenvalue weighted by molar-refractivity contribution is -0.135. The lowest BCUT2D eigenvalue weighted by atomic mass is 10.0. The monoisotopic (exact) mass is 389 g/mol. The van der Waals surface area contributed by atoms with Crippen LogP contribution in [0, 0.1) is 5.82 Å². The van der Waals surface area contributed by atoms with Crippen molar-refractivity contribution in [2.75, 3.05) is 57.4 Å². The fraction of sp³-hybridized carbons (Fsp3) is 0.571. The molecule has 0 N–H and O–H groups in total. The number of hydrogen-bond donors (Lipinski definition) is 0. The summed E-state index contributed by atoms with van der Waals surface area (Å²) in [6.07, 6.45) is 2.07. The Labute approximate surface area is 165 Å². The third-order valence-electron chi connectivity index (χ3n) is 5.87.